The number of H-pyrrole nitrogens is 1. The molecule has 4 heterocycles. The maximum atomic E-state index is 13.7. The lowest BCUT2D eigenvalue weighted by atomic mass is 9.93. The van der Waals surface area contributed by atoms with E-state index in [0.29, 0.717) is 54.6 Å². The molecule has 11 nitrogen and oxygen atoms in total. The first kappa shape index (κ1) is 30.0. The van der Waals surface area contributed by atoms with Crippen LogP contribution in [0.4, 0.5) is 10.5 Å². The van der Waals surface area contributed by atoms with E-state index in [4.69, 9.17) is 0 Å². The van der Waals surface area contributed by atoms with Crippen molar-refractivity contribution in [3.05, 3.63) is 82.8 Å². The zero-order valence-corrected chi connectivity index (χ0v) is 25.4. The molecule has 45 heavy (non-hydrogen) atoms. The van der Waals surface area contributed by atoms with Gasteiger partial charge in [-0.05, 0) is 66.5 Å². The van der Waals surface area contributed by atoms with Crippen LogP contribution in [-0.2, 0) is 17.8 Å². The summed E-state index contributed by atoms with van der Waals surface area (Å²) in [6, 6.07) is 13.9. The van der Waals surface area contributed by atoms with E-state index in [1.807, 2.05) is 36.4 Å². The molecule has 0 spiro atoms. The predicted octanol–water partition coefficient (Wildman–Crippen LogP) is 4.67. The number of hydrogen-bond donors (Lipinski definition) is 3. The van der Waals surface area contributed by atoms with Gasteiger partial charge in [-0.3, -0.25) is 9.59 Å². The Labute approximate surface area is 260 Å². The molecule has 0 unspecified atom stereocenters. The van der Waals surface area contributed by atoms with Gasteiger partial charge in [-0.15, -0.1) is 0 Å². The van der Waals surface area contributed by atoms with E-state index in [0.717, 1.165) is 46.2 Å². The van der Waals surface area contributed by atoms with Crippen molar-refractivity contribution in [1.82, 2.24) is 24.8 Å². The van der Waals surface area contributed by atoms with E-state index >= 15 is 0 Å². The molecule has 11 heteroatoms. The van der Waals surface area contributed by atoms with Crippen molar-refractivity contribution >= 4 is 40.7 Å². The molecule has 3 N–H and O–H groups in total. The van der Waals surface area contributed by atoms with Crippen molar-refractivity contribution in [3.8, 4) is 11.3 Å². The third kappa shape index (κ3) is 6.03. The molecule has 232 valence electrons. The van der Waals surface area contributed by atoms with Gasteiger partial charge in [0.15, 0.2) is 0 Å². The maximum Gasteiger partial charge on any atom is 0.407 e. The van der Waals surface area contributed by atoms with Crippen LogP contribution in [0.2, 0.25) is 0 Å². The average Bonchev–Trinajstić information content (AvgIpc) is 3.82. The Morgan fingerprint density at radius 2 is 1.89 bits per heavy atom. The fourth-order valence-electron chi connectivity index (χ4n) is 6.04. The number of amides is 3. The number of aromatic amines is 1. The highest BCUT2D eigenvalue weighted by Crippen LogP contribution is 2.42. The van der Waals surface area contributed by atoms with E-state index in [1.165, 1.54) is 34.5 Å². The monoisotopic (exact) mass is 608 g/mol. The minimum absolute atomic E-state index is 0.0492. The van der Waals surface area contributed by atoms with E-state index in [9.17, 15) is 24.6 Å². The number of nitrogens with one attached hydrogen (secondary N) is 1. The number of fused-ring (bicyclic) bond motifs is 2. The van der Waals surface area contributed by atoms with Gasteiger partial charge in [0.05, 0.1) is 18.0 Å². The first-order chi connectivity index (χ1) is 21.8. The van der Waals surface area contributed by atoms with E-state index in [-0.39, 0.29) is 12.5 Å². The van der Waals surface area contributed by atoms with Crippen LogP contribution in [0.25, 0.3) is 27.9 Å². The fraction of sp³-hybridized carbons (Fsp3) is 0.324. The molecule has 2 aromatic heterocycles. The lowest BCUT2D eigenvalue weighted by Gasteiger charge is -2.31. The quantitative estimate of drug-likeness (QED) is 0.270. The SMILES string of the molecule is CN(C)C=O.O=C(O)N1CC=C(c2cc3c(-c4cccc(N5CCc6cc(C7CC7)ccc6C5=O)c4CO)ncnc3[nH]2)CC1. The molecule has 3 aliphatic rings. The number of aliphatic hydroxyl groups excluding tert-OH is 1. The van der Waals surface area contributed by atoms with Crippen LogP contribution in [0.5, 0.6) is 0 Å². The number of nitrogens with zero attached hydrogens (tertiary/aromatic N) is 5. The van der Waals surface area contributed by atoms with Gasteiger partial charge < -0.3 is 29.9 Å². The molecule has 7 rings (SSSR count). The predicted molar refractivity (Wildman–Crippen MR) is 171 cm³/mol. The molecule has 2 aliphatic heterocycles. The lowest BCUT2D eigenvalue weighted by Crippen LogP contribution is -2.38. The first-order valence-electron chi connectivity index (χ1n) is 15.1. The number of anilines is 1. The number of rotatable bonds is 6. The minimum Gasteiger partial charge on any atom is -0.465 e. The summed E-state index contributed by atoms with van der Waals surface area (Å²) in [5.41, 5.74) is 8.47. The topological polar surface area (TPSA) is 143 Å². The number of carbonyl (C=O) groups excluding carboxylic acids is 2. The molecular weight excluding hydrogens is 572 g/mol. The summed E-state index contributed by atoms with van der Waals surface area (Å²) in [7, 11) is 3.38. The maximum absolute atomic E-state index is 13.7. The van der Waals surface area contributed by atoms with Crippen LogP contribution < -0.4 is 4.90 Å². The summed E-state index contributed by atoms with van der Waals surface area (Å²) in [4.78, 5) is 51.4. The number of hydrogen-bond acceptors (Lipinski definition) is 6. The van der Waals surface area contributed by atoms with Crippen molar-refractivity contribution in [3.63, 3.8) is 0 Å². The van der Waals surface area contributed by atoms with Crippen molar-refractivity contribution in [2.45, 2.75) is 38.2 Å². The molecular formula is C34H36N6O5. The van der Waals surface area contributed by atoms with Crippen LogP contribution in [0, 0.1) is 0 Å². The number of aromatic nitrogens is 3. The van der Waals surface area contributed by atoms with Crippen LogP contribution in [0.1, 0.15) is 57.9 Å². The second-order valence-electron chi connectivity index (χ2n) is 11.8. The van der Waals surface area contributed by atoms with Crippen molar-refractivity contribution in [1.29, 1.82) is 0 Å². The summed E-state index contributed by atoms with van der Waals surface area (Å²) in [5, 5.41) is 20.6. The van der Waals surface area contributed by atoms with Gasteiger partial charge >= 0.3 is 6.09 Å². The smallest absolute Gasteiger partial charge is 0.407 e. The van der Waals surface area contributed by atoms with Gasteiger partial charge in [-0.25, -0.2) is 14.8 Å². The molecule has 3 amide bonds. The molecule has 0 bridgehead atoms. The van der Waals surface area contributed by atoms with Crippen molar-refractivity contribution in [2.24, 2.45) is 0 Å². The van der Waals surface area contributed by atoms with Crippen molar-refractivity contribution in [2.75, 3.05) is 38.6 Å². The number of benzene rings is 2. The van der Waals surface area contributed by atoms with Gasteiger partial charge in [0, 0.05) is 61.5 Å². The van der Waals surface area contributed by atoms with Gasteiger partial charge in [-0.1, -0.05) is 30.3 Å². The summed E-state index contributed by atoms with van der Waals surface area (Å²) in [6.45, 7) is 1.07. The Morgan fingerprint density at radius 3 is 2.56 bits per heavy atom. The molecule has 4 aromatic rings. The number of aliphatic hydroxyl groups is 1. The average molecular weight is 609 g/mol. The Bertz CT molecular complexity index is 1810. The summed E-state index contributed by atoms with van der Waals surface area (Å²) < 4.78 is 0. The highest BCUT2D eigenvalue weighted by atomic mass is 16.4. The highest BCUT2D eigenvalue weighted by Gasteiger charge is 2.30. The Hall–Kier alpha value is -5.03. The first-order valence-corrected chi connectivity index (χ1v) is 15.1. The Morgan fingerprint density at radius 1 is 1.09 bits per heavy atom. The molecule has 0 atom stereocenters. The second-order valence-corrected chi connectivity index (χ2v) is 11.8. The summed E-state index contributed by atoms with van der Waals surface area (Å²) in [6.07, 6.45) is 7.06. The summed E-state index contributed by atoms with van der Waals surface area (Å²) >= 11 is 0. The van der Waals surface area contributed by atoms with Gasteiger partial charge in [-0.2, -0.15) is 0 Å². The van der Waals surface area contributed by atoms with Crippen LogP contribution >= 0.6 is 0 Å². The van der Waals surface area contributed by atoms with Gasteiger partial charge in [0.25, 0.3) is 5.91 Å². The van der Waals surface area contributed by atoms with Crippen molar-refractivity contribution < 1.29 is 24.6 Å². The normalized spacial score (nSPS) is 16.1. The fourth-order valence-corrected chi connectivity index (χ4v) is 6.04. The van der Waals surface area contributed by atoms with Crippen LogP contribution in [0.3, 0.4) is 0 Å². The molecule has 0 saturated heterocycles. The van der Waals surface area contributed by atoms with Gasteiger partial charge in [0.1, 0.15) is 12.0 Å². The molecule has 1 aliphatic carbocycles. The van der Waals surface area contributed by atoms with Crippen LogP contribution in [0.15, 0.2) is 54.9 Å². The number of carboxylic acid groups (broad SMARTS) is 1. The Kier molecular flexibility index (Phi) is 8.36. The van der Waals surface area contributed by atoms with Gasteiger partial charge in [0.2, 0.25) is 6.41 Å². The molecule has 1 saturated carbocycles. The second kappa shape index (κ2) is 12.5. The molecule has 0 radical (unpaired) electrons. The van der Waals surface area contributed by atoms with Crippen LogP contribution in [-0.4, -0.2) is 87.1 Å². The lowest BCUT2D eigenvalue weighted by molar-refractivity contribution is -0.115. The zero-order valence-electron chi connectivity index (χ0n) is 25.4. The molecule has 1 fully saturated rings. The third-order valence-electron chi connectivity index (χ3n) is 8.58. The van der Waals surface area contributed by atoms with E-state index in [1.54, 1.807) is 19.0 Å². The standard InChI is InChI=1S/C31H29N5O4.C3H7NO/c37-16-25-23(28-24-15-26(34-29(24)33-17-32-28)19-8-11-35(12-9-19)31(39)40)2-1-3-27(25)36-13-10-21-14-20(18-4-5-18)6-7-22(21)30(36)38;1-4(2)3-5/h1-3,6-8,14-15,17-18,37H,4-5,9-13,16H2,(H,39,40)(H,32,33,34);3H,1-2H3. The van der Waals surface area contributed by atoms with E-state index < -0.39 is 6.09 Å². The largest absolute Gasteiger partial charge is 0.465 e. The zero-order chi connectivity index (χ0) is 31.7. The third-order valence-corrected chi connectivity index (χ3v) is 8.58. The van der Waals surface area contributed by atoms with E-state index in [2.05, 4.69) is 27.1 Å². The Balaban J connectivity index is 0.000000664. The highest BCUT2D eigenvalue weighted by molar-refractivity contribution is 6.09. The minimum atomic E-state index is -0.921. The molecule has 2 aromatic carbocycles. The summed E-state index contributed by atoms with van der Waals surface area (Å²) in [5.74, 6) is 0.593. The number of carbonyl (C=O) groups is 3.